The topological polar surface area (TPSA) is 52.5 Å². The van der Waals surface area contributed by atoms with Gasteiger partial charge in [-0.2, -0.15) is 0 Å². The van der Waals surface area contributed by atoms with Crippen LogP contribution in [0.2, 0.25) is 5.02 Å². The Hall–Kier alpha value is -0.260. The molecular weight excluding hydrogens is 246 g/mol. The Morgan fingerprint density at radius 2 is 2.25 bits per heavy atom. The van der Waals surface area contributed by atoms with E-state index in [0.29, 0.717) is 10.8 Å². The molecule has 16 heavy (non-hydrogen) atoms. The normalized spacial score (nSPS) is 12.8. The van der Waals surface area contributed by atoms with Crippen LogP contribution in [0.3, 0.4) is 0 Å². The van der Waals surface area contributed by atoms with Gasteiger partial charge in [-0.3, -0.25) is 0 Å². The highest BCUT2D eigenvalue weighted by Gasteiger charge is 2.07. The fourth-order valence-electron chi connectivity index (χ4n) is 1.26. The summed E-state index contributed by atoms with van der Waals surface area (Å²) >= 11 is 7.44. The van der Waals surface area contributed by atoms with E-state index in [4.69, 9.17) is 16.7 Å². The molecule has 90 valence electrons. The molecule has 3 N–H and O–H groups in total. The molecule has 0 fully saturated rings. The van der Waals surface area contributed by atoms with E-state index in [1.54, 1.807) is 0 Å². The van der Waals surface area contributed by atoms with Crippen LogP contribution in [-0.4, -0.2) is 35.7 Å². The molecule has 1 rings (SSSR count). The monoisotopic (exact) mass is 261 g/mol. The fourth-order valence-corrected chi connectivity index (χ4v) is 2.41. The Labute approximate surface area is 105 Å². The third-order valence-corrected chi connectivity index (χ3v) is 3.53. The van der Waals surface area contributed by atoms with Gasteiger partial charge in [0.1, 0.15) is 0 Å². The van der Waals surface area contributed by atoms with Gasteiger partial charge in [0.25, 0.3) is 0 Å². The van der Waals surface area contributed by atoms with Crippen LogP contribution in [0.25, 0.3) is 0 Å². The van der Waals surface area contributed by atoms with Gasteiger partial charge in [0.15, 0.2) is 0 Å². The average Bonchev–Trinajstić information content (AvgIpc) is 2.28. The first-order chi connectivity index (χ1) is 7.67. The second kappa shape index (κ2) is 7.14. The first kappa shape index (κ1) is 13.8. The first-order valence-electron chi connectivity index (χ1n) is 5.02. The predicted octanol–water partition coefficient (Wildman–Crippen LogP) is 1.50. The van der Waals surface area contributed by atoms with Crippen LogP contribution in [0.1, 0.15) is 5.56 Å². The summed E-state index contributed by atoms with van der Waals surface area (Å²) in [7, 11) is 1.87. The third kappa shape index (κ3) is 4.31. The van der Waals surface area contributed by atoms with E-state index in [1.807, 2.05) is 25.2 Å². The summed E-state index contributed by atoms with van der Waals surface area (Å²) in [6, 6.07) is 5.67. The van der Waals surface area contributed by atoms with E-state index in [-0.39, 0.29) is 6.61 Å². The molecule has 5 heteroatoms. The summed E-state index contributed by atoms with van der Waals surface area (Å²) in [5.41, 5.74) is 1.10. The van der Waals surface area contributed by atoms with Crippen molar-refractivity contribution in [2.24, 2.45) is 0 Å². The lowest BCUT2D eigenvalue weighted by atomic mass is 10.2. The van der Waals surface area contributed by atoms with Gasteiger partial charge in [-0.25, -0.2) is 0 Å². The zero-order valence-corrected chi connectivity index (χ0v) is 10.7. The molecule has 0 aliphatic carbocycles. The third-order valence-electron chi connectivity index (χ3n) is 2.03. The summed E-state index contributed by atoms with van der Waals surface area (Å²) < 4.78 is 0. The van der Waals surface area contributed by atoms with Crippen molar-refractivity contribution >= 4 is 23.4 Å². The second-order valence-corrected chi connectivity index (χ2v) is 4.93. The van der Waals surface area contributed by atoms with Crippen LogP contribution >= 0.6 is 23.4 Å². The molecule has 1 unspecified atom stereocenters. The number of hydrogen-bond acceptors (Lipinski definition) is 4. The van der Waals surface area contributed by atoms with Crippen molar-refractivity contribution in [1.82, 2.24) is 5.32 Å². The van der Waals surface area contributed by atoms with Gasteiger partial charge in [0.05, 0.1) is 12.7 Å². The van der Waals surface area contributed by atoms with Crippen molar-refractivity contribution in [3.8, 4) is 0 Å². The van der Waals surface area contributed by atoms with E-state index in [9.17, 15) is 5.11 Å². The summed E-state index contributed by atoms with van der Waals surface area (Å²) in [5.74, 6) is 0.481. The molecule has 0 aliphatic rings. The van der Waals surface area contributed by atoms with E-state index < -0.39 is 6.10 Å². The van der Waals surface area contributed by atoms with Crippen molar-refractivity contribution in [2.45, 2.75) is 17.5 Å². The van der Waals surface area contributed by atoms with Gasteiger partial charge in [0, 0.05) is 22.2 Å². The van der Waals surface area contributed by atoms with Crippen molar-refractivity contribution < 1.29 is 10.2 Å². The maximum Gasteiger partial charge on any atom is 0.0864 e. The van der Waals surface area contributed by atoms with E-state index in [2.05, 4.69) is 5.32 Å². The Bertz CT molecular complexity index is 336. The molecule has 0 saturated heterocycles. The smallest absolute Gasteiger partial charge is 0.0864 e. The van der Waals surface area contributed by atoms with Crippen LogP contribution in [-0.2, 0) is 6.54 Å². The predicted molar refractivity (Wildman–Crippen MR) is 68.0 cm³/mol. The molecule has 0 aromatic heterocycles. The quantitative estimate of drug-likeness (QED) is 0.680. The van der Waals surface area contributed by atoms with Crippen molar-refractivity contribution in [3.05, 3.63) is 28.8 Å². The molecular formula is C11H16ClNO2S. The summed E-state index contributed by atoms with van der Waals surface area (Å²) in [4.78, 5) is 1.08. The zero-order valence-electron chi connectivity index (χ0n) is 9.11. The van der Waals surface area contributed by atoms with Gasteiger partial charge < -0.3 is 15.5 Å². The molecule has 0 amide bonds. The molecule has 3 nitrogen and oxygen atoms in total. The number of nitrogens with one attached hydrogen (secondary N) is 1. The number of aliphatic hydroxyl groups excluding tert-OH is 2. The average molecular weight is 262 g/mol. The lowest BCUT2D eigenvalue weighted by Gasteiger charge is -2.11. The van der Waals surface area contributed by atoms with Crippen LogP contribution in [0, 0.1) is 0 Å². The van der Waals surface area contributed by atoms with Crippen LogP contribution in [0.5, 0.6) is 0 Å². The second-order valence-electron chi connectivity index (χ2n) is 3.43. The number of halogens is 1. The van der Waals surface area contributed by atoms with Gasteiger partial charge in [-0.05, 0) is 30.8 Å². The minimum Gasteiger partial charge on any atom is -0.394 e. The summed E-state index contributed by atoms with van der Waals surface area (Å²) in [6.07, 6.45) is -0.678. The molecule has 0 radical (unpaired) electrons. The molecule has 1 aromatic carbocycles. The molecule has 1 atom stereocenters. The SMILES string of the molecule is CNCc1cc(Cl)ccc1SCC(O)CO. The Morgan fingerprint density at radius 3 is 2.88 bits per heavy atom. The molecule has 0 aliphatic heterocycles. The number of hydrogen-bond donors (Lipinski definition) is 3. The van der Waals surface area contributed by atoms with Gasteiger partial charge in [-0.1, -0.05) is 11.6 Å². The van der Waals surface area contributed by atoms with Gasteiger partial charge >= 0.3 is 0 Å². The summed E-state index contributed by atoms with van der Waals surface area (Å²) in [5, 5.41) is 21.8. The van der Waals surface area contributed by atoms with Crippen LogP contribution in [0.15, 0.2) is 23.1 Å². The van der Waals surface area contributed by atoms with Crippen molar-refractivity contribution in [1.29, 1.82) is 0 Å². The van der Waals surface area contributed by atoms with E-state index in [0.717, 1.165) is 17.0 Å². The van der Waals surface area contributed by atoms with E-state index in [1.165, 1.54) is 11.8 Å². The van der Waals surface area contributed by atoms with Crippen LogP contribution in [0.4, 0.5) is 0 Å². The maximum atomic E-state index is 9.28. The maximum absolute atomic E-state index is 9.28. The largest absolute Gasteiger partial charge is 0.394 e. The highest BCUT2D eigenvalue weighted by molar-refractivity contribution is 7.99. The number of benzene rings is 1. The van der Waals surface area contributed by atoms with Gasteiger partial charge in [-0.15, -0.1) is 11.8 Å². The lowest BCUT2D eigenvalue weighted by molar-refractivity contribution is 0.113. The Morgan fingerprint density at radius 1 is 1.50 bits per heavy atom. The number of thioether (sulfide) groups is 1. The number of rotatable bonds is 6. The fraction of sp³-hybridized carbons (Fsp3) is 0.455. The summed E-state index contributed by atoms with van der Waals surface area (Å²) in [6.45, 7) is 0.528. The Kier molecular flexibility index (Phi) is 6.16. The van der Waals surface area contributed by atoms with E-state index >= 15 is 0 Å². The molecule has 1 aromatic rings. The molecule has 0 heterocycles. The standard InChI is InChI=1S/C11H16ClNO2S/c1-13-5-8-4-9(12)2-3-11(8)16-7-10(15)6-14/h2-4,10,13-15H,5-7H2,1H3. The Balaban J connectivity index is 2.70. The highest BCUT2D eigenvalue weighted by Crippen LogP contribution is 2.26. The molecule has 0 spiro atoms. The zero-order chi connectivity index (χ0) is 12.0. The highest BCUT2D eigenvalue weighted by atomic mass is 35.5. The van der Waals surface area contributed by atoms with Crippen LogP contribution < -0.4 is 5.32 Å². The number of aliphatic hydroxyl groups is 2. The first-order valence-corrected chi connectivity index (χ1v) is 6.38. The van der Waals surface area contributed by atoms with Crippen molar-refractivity contribution in [3.63, 3.8) is 0 Å². The molecule has 0 saturated carbocycles. The van der Waals surface area contributed by atoms with Crippen molar-refractivity contribution in [2.75, 3.05) is 19.4 Å². The van der Waals surface area contributed by atoms with Gasteiger partial charge in [0.2, 0.25) is 0 Å². The minimum absolute atomic E-state index is 0.206. The lowest BCUT2D eigenvalue weighted by Crippen LogP contribution is -2.15. The molecule has 0 bridgehead atoms. The minimum atomic E-state index is -0.678.